The standard InChI is InChI=1S/C17H16FNO3/c1-11-3-9-15(10-4-11)19-16(20)12(2)22-17(21)13-5-7-14(18)8-6-13/h3-10,12H,1-2H3,(H,19,20). The van der Waals surface area contributed by atoms with E-state index in [1.807, 2.05) is 19.1 Å². The Bertz CT molecular complexity index is 665. The molecular formula is C17H16FNO3. The molecule has 0 heterocycles. The van der Waals surface area contributed by atoms with Gasteiger partial charge in [-0.25, -0.2) is 9.18 Å². The van der Waals surface area contributed by atoms with Crippen LogP contribution in [0.4, 0.5) is 10.1 Å². The Balaban J connectivity index is 1.94. The van der Waals surface area contributed by atoms with Gasteiger partial charge in [0.1, 0.15) is 5.82 Å². The van der Waals surface area contributed by atoms with Gasteiger partial charge in [0.25, 0.3) is 5.91 Å². The molecule has 0 spiro atoms. The molecule has 0 aliphatic rings. The van der Waals surface area contributed by atoms with E-state index in [1.165, 1.54) is 19.1 Å². The van der Waals surface area contributed by atoms with Crippen molar-refractivity contribution in [2.24, 2.45) is 0 Å². The smallest absolute Gasteiger partial charge is 0.338 e. The van der Waals surface area contributed by atoms with Crippen molar-refractivity contribution in [3.63, 3.8) is 0 Å². The van der Waals surface area contributed by atoms with Crippen molar-refractivity contribution in [3.05, 3.63) is 65.5 Å². The molecule has 0 aromatic heterocycles. The monoisotopic (exact) mass is 301 g/mol. The zero-order valence-electron chi connectivity index (χ0n) is 12.3. The fourth-order valence-corrected chi connectivity index (χ4v) is 1.75. The van der Waals surface area contributed by atoms with E-state index in [-0.39, 0.29) is 5.56 Å². The molecule has 4 nitrogen and oxygen atoms in total. The van der Waals surface area contributed by atoms with Crippen LogP contribution in [0.1, 0.15) is 22.8 Å². The Morgan fingerprint density at radius 2 is 1.64 bits per heavy atom. The van der Waals surface area contributed by atoms with E-state index < -0.39 is 23.8 Å². The SMILES string of the molecule is Cc1ccc(NC(=O)C(C)OC(=O)c2ccc(F)cc2)cc1. The number of aryl methyl sites for hydroxylation is 1. The summed E-state index contributed by atoms with van der Waals surface area (Å²) in [5, 5.41) is 2.66. The van der Waals surface area contributed by atoms with Crippen LogP contribution in [-0.2, 0) is 9.53 Å². The molecule has 22 heavy (non-hydrogen) atoms. The van der Waals surface area contributed by atoms with Gasteiger partial charge in [0.2, 0.25) is 0 Å². The molecule has 5 heteroatoms. The van der Waals surface area contributed by atoms with Crippen LogP contribution in [0.15, 0.2) is 48.5 Å². The van der Waals surface area contributed by atoms with Crippen molar-refractivity contribution in [1.82, 2.24) is 0 Å². The van der Waals surface area contributed by atoms with E-state index in [0.717, 1.165) is 17.7 Å². The van der Waals surface area contributed by atoms with Crippen LogP contribution < -0.4 is 5.32 Å². The zero-order chi connectivity index (χ0) is 16.1. The van der Waals surface area contributed by atoms with E-state index in [0.29, 0.717) is 5.69 Å². The molecule has 0 aliphatic heterocycles. The second kappa shape index (κ2) is 6.85. The van der Waals surface area contributed by atoms with Gasteiger partial charge >= 0.3 is 5.97 Å². The fourth-order valence-electron chi connectivity index (χ4n) is 1.75. The first-order valence-corrected chi connectivity index (χ1v) is 6.80. The average Bonchev–Trinajstić information content (AvgIpc) is 2.50. The van der Waals surface area contributed by atoms with Gasteiger partial charge in [0.05, 0.1) is 5.56 Å². The number of halogens is 1. The molecule has 0 bridgehead atoms. The highest BCUT2D eigenvalue weighted by Crippen LogP contribution is 2.11. The molecule has 2 rings (SSSR count). The lowest BCUT2D eigenvalue weighted by atomic mass is 10.2. The average molecular weight is 301 g/mol. The first kappa shape index (κ1) is 15.7. The van der Waals surface area contributed by atoms with Gasteiger partial charge in [-0.1, -0.05) is 17.7 Å². The Kier molecular flexibility index (Phi) is 4.88. The van der Waals surface area contributed by atoms with Crippen molar-refractivity contribution in [3.8, 4) is 0 Å². The summed E-state index contributed by atoms with van der Waals surface area (Å²) in [5.41, 5.74) is 1.89. The highest BCUT2D eigenvalue weighted by atomic mass is 19.1. The van der Waals surface area contributed by atoms with E-state index >= 15 is 0 Å². The van der Waals surface area contributed by atoms with Crippen molar-refractivity contribution < 1.29 is 18.7 Å². The van der Waals surface area contributed by atoms with E-state index in [1.54, 1.807) is 12.1 Å². The molecule has 0 aliphatic carbocycles. The van der Waals surface area contributed by atoms with E-state index in [2.05, 4.69) is 5.32 Å². The summed E-state index contributed by atoms with van der Waals surface area (Å²) in [4.78, 5) is 23.8. The maximum absolute atomic E-state index is 12.8. The third kappa shape index (κ3) is 4.15. The topological polar surface area (TPSA) is 55.4 Å². The predicted molar refractivity (Wildman–Crippen MR) is 81.1 cm³/mol. The second-order valence-corrected chi connectivity index (χ2v) is 4.91. The number of ether oxygens (including phenoxy) is 1. The zero-order valence-corrected chi connectivity index (χ0v) is 12.3. The van der Waals surface area contributed by atoms with Gasteiger partial charge in [0.15, 0.2) is 6.10 Å². The van der Waals surface area contributed by atoms with Gasteiger partial charge < -0.3 is 10.1 Å². The molecule has 1 unspecified atom stereocenters. The Hall–Kier alpha value is -2.69. The number of hydrogen-bond donors (Lipinski definition) is 1. The van der Waals surface area contributed by atoms with Gasteiger partial charge in [-0.2, -0.15) is 0 Å². The van der Waals surface area contributed by atoms with E-state index in [4.69, 9.17) is 4.74 Å². The quantitative estimate of drug-likeness (QED) is 0.881. The fraction of sp³-hybridized carbons (Fsp3) is 0.176. The van der Waals surface area contributed by atoms with Crippen LogP contribution in [0.3, 0.4) is 0 Å². The summed E-state index contributed by atoms with van der Waals surface area (Å²) in [7, 11) is 0. The Morgan fingerprint density at radius 1 is 1.05 bits per heavy atom. The minimum Gasteiger partial charge on any atom is -0.449 e. The van der Waals surface area contributed by atoms with Crippen molar-refractivity contribution >= 4 is 17.6 Å². The molecule has 0 radical (unpaired) electrons. The Morgan fingerprint density at radius 3 is 2.23 bits per heavy atom. The third-order valence-electron chi connectivity index (χ3n) is 3.05. The molecule has 2 aromatic rings. The van der Waals surface area contributed by atoms with Crippen LogP contribution >= 0.6 is 0 Å². The number of benzene rings is 2. The summed E-state index contributed by atoms with van der Waals surface area (Å²) < 4.78 is 17.9. The summed E-state index contributed by atoms with van der Waals surface area (Å²) in [6, 6.07) is 12.2. The molecule has 1 N–H and O–H groups in total. The third-order valence-corrected chi connectivity index (χ3v) is 3.05. The lowest BCUT2D eigenvalue weighted by molar-refractivity contribution is -0.123. The number of hydrogen-bond acceptors (Lipinski definition) is 3. The van der Waals surface area contributed by atoms with Gasteiger partial charge in [-0.15, -0.1) is 0 Å². The first-order valence-electron chi connectivity index (χ1n) is 6.80. The molecule has 0 fully saturated rings. The Labute approximate surface area is 127 Å². The minimum atomic E-state index is -0.959. The second-order valence-electron chi connectivity index (χ2n) is 4.91. The molecule has 114 valence electrons. The predicted octanol–water partition coefficient (Wildman–Crippen LogP) is 3.32. The normalized spacial score (nSPS) is 11.6. The van der Waals surface area contributed by atoms with Crippen LogP contribution in [0, 0.1) is 12.7 Å². The number of carbonyl (C=O) groups is 2. The molecule has 1 amide bonds. The van der Waals surface area contributed by atoms with Gasteiger partial charge in [0, 0.05) is 5.69 Å². The van der Waals surface area contributed by atoms with Crippen molar-refractivity contribution in [1.29, 1.82) is 0 Å². The number of rotatable bonds is 4. The number of amides is 1. The number of anilines is 1. The minimum absolute atomic E-state index is 0.191. The van der Waals surface area contributed by atoms with Crippen LogP contribution in [0.25, 0.3) is 0 Å². The molecule has 0 saturated carbocycles. The van der Waals surface area contributed by atoms with E-state index in [9.17, 15) is 14.0 Å². The van der Waals surface area contributed by atoms with Crippen LogP contribution in [0.2, 0.25) is 0 Å². The number of carbonyl (C=O) groups excluding carboxylic acids is 2. The van der Waals surface area contributed by atoms with Gasteiger partial charge in [-0.05, 0) is 50.2 Å². The van der Waals surface area contributed by atoms with Crippen molar-refractivity contribution in [2.75, 3.05) is 5.32 Å². The molecule has 1 atom stereocenters. The maximum Gasteiger partial charge on any atom is 0.338 e. The number of esters is 1. The van der Waals surface area contributed by atoms with Crippen LogP contribution in [-0.4, -0.2) is 18.0 Å². The first-order chi connectivity index (χ1) is 10.5. The summed E-state index contributed by atoms with van der Waals surface area (Å²) >= 11 is 0. The number of nitrogens with one attached hydrogen (secondary N) is 1. The molecule has 2 aromatic carbocycles. The lowest BCUT2D eigenvalue weighted by Crippen LogP contribution is -2.30. The van der Waals surface area contributed by atoms with Crippen LogP contribution in [0.5, 0.6) is 0 Å². The summed E-state index contributed by atoms with van der Waals surface area (Å²) in [5.74, 6) is -1.55. The maximum atomic E-state index is 12.8. The highest BCUT2D eigenvalue weighted by molar-refractivity contribution is 5.97. The highest BCUT2D eigenvalue weighted by Gasteiger charge is 2.19. The molecule has 0 saturated heterocycles. The van der Waals surface area contributed by atoms with Gasteiger partial charge in [-0.3, -0.25) is 4.79 Å². The van der Waals surface area contributed by atoms with Crippen molar-refractivity contribution in [2.45, 2.75) is 20.0 Å². The largest absolute Gasteiger partial charge is 0.449 e. The molecular weight excluding hydrogens is 285 g/mol. The summed E-state index contributed by atoms with van der Waals surface area (Å²) in [6.07, 6.45) is -0.959. The summed E-state index contributed by atoms with van der Waals surface area (Å²) in [6.45, 7) is 3.42. The lowest BCUT2D eigenvalue weighted by Gasteiger charge is -2.13.